The minimum absolute atomic E-state index is 0.159. The molecule has 0 unspecified atom stereocenters. The van der Waals surface area contributed by atoms with Gasteiger partial charge in [0.25, 0.3) is 0 Å². The number of hydrogen-bond acceptors (Lipinski definition) is 1. The molecule has 1 aliphatic rings. The van der Waals surface area contributed by atoms with Gasteiger partial charge in [-0.15, -0.1) is 0 Å². The molecule has 0 atom stereocenters. The molecule has 0 radical (unpaired) electrons. The van der Waals surface area contributed by atoms with Crippen LogP contribution in [0.2, 0.25) is 0 Å². The monoisotopic (exact) mass is 292 g/mol. The maximum absolute atomic E-state index is 12.6. The van der Waals surface area contributed by atoms with E-state index >= 15 is 0 Å². The first-order valence-corrected chi connectivity index (χ1v) is 7.78. The maximum Gasteiger partial charge on any atom is 0.189 e. The van der Waals surface area contributed by atoms with E-state index in [2.05, 4.69) is 32.6 Å². The molecule has 0 spiro atoms. The van der Waals surface area contributed by atoms with Crippen LogP contribution in [0.25, 0.3) is 0 Å². The largest absolute Gasteiger partial charge is 0.289 e. The number of benzene rings is 1. The summed E-state index contributed by atoms with van der Waals surface area (Å²) in [4.78, 5) is 12.6. The van der Waals surface area contributed by atoms with Crippen LogP contribution >= 0.6 is 0 Å². The summed E-state index contributed by atoms with van der Waals surface area (Å²) < 4.78 is 0. The summed E-state index contributed by atoms with van der Waals surface area (Å²) in [6.45, 7) is 10.3. The number of carbonyl (C=O) groups excluding carboxylic acids is 1. The smallest absolute Gasteiger partial charge is 0.189 e. The lowest BCUT2D eigenvalue weighted by atomic mass is 9.86. The third kappa shape index (κ3) is 3.94. The van der Waals surface area contributed by atoms with E-state index in [-0.39, 0.29) is 5.78 Å². The molecule has 1 aliphatic carbocycles. The summed E-state index contributed by atoms with van der Waals surface area (Å²) in [7, 11) is 0. The predicted molar refractivity (Wildman–Crippen MR) is 94.0 cm³/mol. The fourth-order valence-corrected chi connectivity index (χ4v) is 2.52. The van der Waals surface area contributed by atoms with Crippen molar-refractivity contribution in [2.75, 3.05) is 0 Å². The molecule has 0 aliphatic heterocycles. The normalized spacial score (nSPS) is 15.6. The van der Waals surface area contributed by atoms with E-state index in [1.54, 1.807) is 0 Å². The van der Waals surface area contributed by atoms with Crippen molar-refractivity contribution in [3.8, 4) is 0 Å². The fraction of sp³-hybridized carbons (Fsp3) is 0.286. The number of Topliss-reactive ketones (excluding diaryl/α,β-unsaturated/α-hetero) is 1. The van der Waals surface area contributed by atoms with Gasteiger partial charge >= 0.3 is 0 Å². The molecular weight excluding hydrogens is 268 g/mol. The Kier molecular flexibility index (Phi) is 5.32. The number of rotatable bonds is 5. The van der Waals surface area contributed by atoms with Crippen molar-refractivity contribution in [2.24, 2.45) is 0 Å². The predicted octanol–water partition coefficient (Wildman–Crippen LogP) is 5.82. The van der Waals surface area contributed by atoms with Crippen molar-refractivity contribution in [2.45, 2.75) is 40.0 Å². The molecule has 2 rings (SSSR count). The van der Waals surface area contributed by atoms with E-state index in [1.807, 2.05) is 37.3 Å². The van der Waals surface area contributed by atoms with Gasteiger partial charge in [0.15, 0.2) is 5.78 Å². The summed E-state index contributed by atoms with van der Waals surface area (Å²) in [6, 6.07) is 9.54. The van der Waals surface area contributed by atoms with Crippen LogP contribution in [0.1, 0.15) is 50.4 Å². The average Bonchev–Trinajstić information content (AvgIpc) is 2.53. The van der Waals surface area contributed by atoms with Crippen molar-refractivity contribution in [1.29, 1.82) is 0 Å². The Balaban J connectivity index is 2.11. The molecular formula is C21H24O. The Labute approximate surface area is 133 Å². The summed E-state index contributed by atoms with van der Waals surface area (Å²) in [5.41, 5.74) is 6.78. The molecule has 1 aromatic rings. The molecule has 0 bridgehead atoms. The molecule has 1 aromatic carbocycles. The first-order valence-electron chi connectivity index (χ1n) is 7.78. The van der Waals surface area contributed by atoms with E-state index < -0.39 is 0 Å². The highest BCUT2D eigenvalue weighted by Gasteiger charge is 2.17. The molecule has 0 aromatic heterocycles. The summed E-state index contributed by atoms with van der Waals surface area (Å²) in [5.74, 6) is 0.159. The second-order valence-corrected chi connectivity index (χ2v) is 6.06. The van der Waals surface area contributed by atoms with Gasteiger partial charge < -0.3 is 0 Å². The second kappa shape index (κ2) is 7.22. The molecule has 0 heterocycles. The molecule has 0 saturated carbocycles. The first kappa shape index (κ1) is 16.2. The SMILES string of the molecule is C=C(C)/C(C)=C\CC1=C(C)CC=C(C(=O)c2ccccc2)C1. The van der Waals surface area contributed by atoms with E-state index in [0.717, 1.165) is 36.0 Å². The Morgan fingerprint density at radius 1 is 1.23 bits per heavy atom. The van der Waals surface area contributed by atoms with Gasteiger partial charge in [0.2, 0.25) is 0 Å². The van der Waals surface area contributed by atoms with Gasteiger partial charge in [-0.05, 0) is 40.0 Å². The van der Waals surface area contributed by atoms with Crippen LogP contribution in [0, 0.1) is 0 Å². The highest BCUT2D eigenvalue weighted by atomic mass is 16.1. The van der Waals surface area contributed by atoms with Gasteiger partial charge in [-0.25, -0.2) is 0 Å². The summed E-state index contributed by atoms with van der Waals surface area (Å²) in [6.07, 6.45) is 6.85. The number of ketones is 1. The highest BCUT2D eigenvalue weighted by Crippen LogP contribution is 2.29. The van der Waals surface area contributed by atoms with E-state index in [0.29, 0.717) is 0 Å². The van der Waals surface area contributed by atoms with Crippen LogP contribution in [-0.4, -0.2) is 5.78 Å². The molecule has 114 valence electrons. The van der Waals surface area contributed by atoms with Crippen LogP contribution in [0.3, 0.4) is 0 Å². The van der Waals surface area contributed by atoms with Gasteiger partial charge in [-0.1, -0.05) is 71.4 Å². The van der Waals surface area contributed by atoms with Crippen LogP contribution < -0.4 is 0 Å². The highest BCUT2D eigenvalue weighted by molar-refractivity contribution is 6.09. The Hall–Kier alpha value is -2.15. The summed E-state index contributed by atoms with van der Waals surface area (Å²) in [5, 5.41) is 0. The first-order chi connectivity index (χ1) is 10.5. The number of allylic oxidation sites excluding steroid dienone is 7. The zero-order valence-corrected chi connectivity index (χ0v) is 13.8. The van der Waals surface area contributed by atoms with Crippen LogP contribution in [0.5, 0.6) is 0 Å². The lowest BCUT2D eigenvalue weighted by Crippen LogP contribution is -2.08. The third-order valence-electron chi connectivity index (χ3n) is 4.32. The molecule has 0 saturated heterocycles. The summed E-state index contributed by atoms with van der Waals surface area (Å²) >= 11 is 0. The van der Waals surface area contributed by atoms with Gasteiger partial charge in [-0.3, -0.25) is 4.79 Å². The van der Waals surface area contributed by atoms with Gasteiger partial charge in [0.1, 0.15) is 0 Å². The van der Waals surface area contributed by atoms with Crippen LogP contribution in [0.15, 0.2) is 76.9 Å². The minimum atomic E-state index is 0.159. The molecule has 0 amide bonds. The van der Waals surface area contributed by atoms with Crippen LogP contribution in [-0.2, 0) is 0 Å². The van der Waals surface area contributed by atoms with Crippen molar-refractivity contribution >= 4 is 5.78 Å². The third-order valence-corrected chi connectivity index (χ3v) is 4.32. The van der Waals surface area contributed by atoms with Crippen LogP contribution in [0.4, 0.5) is 0 Å². The van der Waals surface area contributed by atoms with Crippen molar-refractivity contribution in [1.82, 2.24) is 0 Å². The average molecular weight is 292 g/mol. The molecule has 1 heteroatoms. The van der Waals surface area contributed by atoms with E-state index in [9.17, 15) is 4.79 Å². The zero-order valence-electron chi connectivity index (χ0n) is 13.8. The quantitative estimate of drug-likeness (QED) is 0.380. The Bertz CT molecular complexity index is 669. The fourth-order valence-electron chi connectivity index (χ4n) is 2.52. The lowest BCUT2D eigenvalue weighted by molar-refractivity contribution is 0.103. The molecule has 22 heavy (non-hydrogen) atoms. The maximum atomic E-state index is 12.6. The molecule has 0 fully saturated rings. The minimum Gasteiger partial charge on any atom is -0.289 e. The molecule has 0 N–H and O–H groups in total. The van der Waals surface area contributed by atoms with Crippen molar-refractivity contribution in [3.63, 3.8) is 0 Å². The van der Waals surface area contributed by atoms with Gasteiger partial charge in [0, 0.05) is 11.1 Å². The van der Waals surface area contributed by atoms with Gasteiger partial charge in [-0.2, -0.15) is 0 Å². The number of hydrogen-bond donors (Lipinski definition) is 0. The Morgan fingerprint density at radius 2 is 1.91 bits per heavy atom. The molecule has 1 nitrogen and oxygen atoms in total. The standard InChI is InChI=1S/C21H24O/c1-15(2)16(3)10-12-19-14-20(13-11-17(19)4)21(22)18-8-6-5-7-9-18/h5-10,13H,1,11-12,14H2,2-4H3/b16-10-. The lowest BCUT2D eigenvalue weighted by Gasteiger charge is -2.18. The second-order valence-electron chi connectivity index (χ2n) is 6.06. The van der Waals surface area contributed by atoms with Crippen molar-refractivity contribution in [3.05, 3.63) is 82.5 Å². The zero-order chi connectivity index (χ0) is 16.1. The van der Waals surface area contributed by atoms with E-state index in [1.165, 1.54) is 16.7 Å². The van der Waals surface area contributed by atoms with Crippen molar-refractivity contribution < 1.29 is 4.79 Å². The van der Waals surface area contributed by atoms with E-state index in [4.69, 9.17) is 0 Å². The topological polar surface area (TPSA) is 17.1 Å². The number of carbonyl (C=O) groups is 1. The Morgan fingerprint density at radius 3 is 2.55 bits per heavy atom. The van der Waals surface area contributed by atoms with Gasteiger partial charge in [0.05, 0.1) is 0 Å².